The summed E-state index contributed by atoms with van der Waals surface area (Å²) in [6.07, 6.45) is 10.00. The molecule has 0 heterocycles. The third-order valence-corrected chi connectivity index (χ3v) is 4.27. The van der Waals surface area contributed by atoms with Crippen LogP contribution in [-0.4, -0.2) is 6.04 Å². The van der Waals surface area contributed by atoms with E-state index in [1.165, 1.54) is 51.4 Å². The predicted octanol–water partition coefficient (Wildman–Crippen LogP) is 6.26. The van der Waals surface area contributed by atoms with Crippen LogP contribution in [0.3, 0.4) is 0 Å². The van der Waals surface area contributed by atoms with Gasteiger partial charge in [-0.3, -0.25) is 0 Å². The molecule has 0 radical (unpaired) electrons. The van der Waals surface area contributed by atoms with Crippen molar-refractivity contribution in [3.8, 4) is 6.07 Å². The number of hydrogen-bond donors (Lipinski definition) is 1. The molecule has 3 heteroatoms. The Morgan fingerprint density at radius 1 is 1.10 bits per heavy atom. The summed E-state index contributed by atoms with van der Waals surface area (Å²) in [4.78, 5) is 0. The van der Waals surface area contributed by atoms with E-state index in [0.717, 1.165) is 15.7 Å². The highest BCUT2D eigenvalue weighted by molar-refractivity contribution is 9.10. The van der Waals surface area contributed by atoms with Gasteiger partial charge in [0.05, 0.1) is 11.3 Å². The lowest BCUT2D eigenvalue weighted by atomic mass is 10.0. The van der Waals surface area contributed by atoms with E-state index in [9.17, 15) is 5.26 Å². The van der Waals surface area contributed by atoms with Crippen molar-refractivity contribution in [1.29, 1.82) is 5.26 Å². The molecular weight excluding hydrogens is 324 g/mol. The van der Waals surface area contributed by atoms with E-state index in [-0.39, 0.29) is 0 Å². The van der Waals surface area contributed by atoms with E-state index in [1.807, 2.05) is 18.2 Å². The average molecular weight is 351 g/mol. The van der Waals surface area contributed by atoms with Gasteiger partial charge < -0.3 is 5.32 Å². The molecule has 1 aromatic rings. The Kier molecular flexibility index (Phi) is 9.17. The normalized spacial score (nSPS) is 10.6. The molecule has 0 amide bonds. The molecule has 116 valence electrons. The van der Waals surface area contributed by atoms with Crippen molar-refractivity contribution in [2.24, 2.45) is 0 Å². The smallest absolute Gasteiger partial charge is 0.101 e. The van der Waals surface area contributed by atoms with Gasteiger partial charge in [0.1, 0.15) is 6.07 Å². The number of halogens is 1. The second kappa shape index (κ2) is 10.7. The number of anilines is 1. The fourth-order valence-electron chi connectivity index (χ4n) is 2.52. The van der Waals surface area contributed by atoms with Crippen molar-refractivity contribution < 1.29 is 0 Å². The molecular formula is C18H27BrN2. The Balaban J connectivity index is 2.67. The number of rotatable bonds is 10. The predicted molar refractivity (Wildman–Crippen MR) is 94.6 cm³/mol. The maximum absolute atomic E-state index is 9.27. The third kappa shape index (κ3) is 7.00. The van der Waals surface area contributed by atoms with Gasteiger partial charge in [-0.1, -0.05) is 68.3 Å². The lowest BCUT2D eigenvalue weighted by Crippen LogP contribution is -2.20. The summed E-state index contributed by atoms with van der Waals surface area (Å²) >= 11 is 3.43. The third-order valence-electron chi connectivity index (χ3n) is 3.77. The van der Waals surface area contributed by atoms with E-state index in [2.05, 4.69) is 41.2 Å². The van der Waals surface area contributed by atoms with Crippen molar-refractivity contribution in [2.75, 3.05) is 5.32 Å². The fourth-order valence-corrected chi connectivity index (χ4v) is 2.89. The minimum atomic E-state index is 0.483. The zero-order chi connectivity index (χ0) is 15.5. The SMILES string of the molecule is CCCCCC(CCCCC)Nc1ccc(Br)cc1C#N. The van der Waals surface area contributed by atoms with Gasteiger partial charge in [-0.15, -0.1) is 0 Å². The highest BCUT2D eigenvalue weighted by Gasteiger charge is 2.11. The summed E-state index contributed by atoms with van der Waals surface area (Å²) < 4.78 is 0.957. The summed E-state index contributed by atoms with van der Waals surface area (Å²) in [5, 5.41) is 12.9. The molecule has 0 unspecified atom stereocenters. The lowest BCUT2D eigenvalue weighted by Gasteiger charge is -2.21. The standard InChI is InChI=1S/C18H27BrN2/c1-3-5-7-9-17(10-8-6-4-2)21-18-12-11-16(19)13-15(18)14-20/h11-13,17,21H,3-10H2,1-2H3. The molecule has 0 aromatic heterocycles. The summed E-state index contributed by atoms with van der Waals surface area (Å²) in [5.41, 5.74) is 1.69. The van der Waals surface area contributed by atoms with Crippen LogP contribution in [-0.2, 0) is 0 Å². The first-order chi connectivity index (χ1) is 10.2. The number of unbranched alkanes of at least 4 members (excludes halogenated alkanes) is 4. The molecule has 0 aliphatic heterocycles. The van der Waals surface area contributed by atoms with Gasteiger partial charge in [0.25, 0.3) is 0 Å². The van der Waals surface area contributed by atoms with E-state index < -0.39 is 0 Å². The largest absolute Gasteiger partial charge is 0.381 e. The van der Waals surface area contributed by atoms with Crippen molar-refractivity contribution in [1.82, 2.24) is 0 Å². The molecule has 0 spiro atoms. The van der Waals surface area contributed by atoms with Crippen LogP contribution in [0.25, 0.3) is 0 Å². The fraction of sp³-hybridized carbons (Fsp3) is 0.611. The summed E-state index contributed by atoms with van der Waals surface area (Å²) in [7, 11) is 0. The van der Waals surface area contributed by atoms with Crippen molar-refractivity contribution in [3.05, 3.63) is 28.2 Å². The number of hydrogen-bond acceptors (Lipinski definition) is 2. The van der Waals surface area contributed by atoms with Gasteiger partial charge in [0, 0.05) is 10.5 Å². The Morgan fingerprint density at radius 2 is 1.71 bits per heavy atom. The Bertz CT molecular complexity index is 441. The number of nitrogens with one attached hydrogen (secondary N) is 1. The van der Waals surface area contributed by atoms with Crippen LogP contribution in [0, 0.1) is 11.3 Å². The molecule has 1 N–H and O–H groups in total. The van der Waals surface area contributed by atoms with Crippen LogP contribution >= 0.6 is 15.9 Å². The van der Waals surface area contributed by atoms with E-state index in [1.54, 1.807) is 0 Å². The number of benzene rings is 1. The maximum Gasteiger partial charge on any atom is 0.101 e. The van der Waals surface area contributed by atoms with Gasteiger partial charge in [-0.05, 0) is 31.0 Å². The molecule has 0 atom stereocenters. The van der Waals surface area contributed by atoms with E-state index >= 15 is 0 Å². The highest BCUT2D eigenvalue weighted by Crippen LogP contribution is 2.23. The van der Waals surface area contributed by atoms with Crippen molar-refractivity contribution in [2.45, 2.75) is 71.3 Å². The zero-order valence-electron chi connectivity index (χ0n) is 13.3. The molecule has 0 fully saturated rings. The topological polar surface area (TPSA) is 35.8 Å². The van der Waals surface area contributed by atoms with Gasteiger partial charge in [0.2, 0.25) is 0 Å². The molecule has 21 heavy (non-hydrogen) atoms. The van der Waals surface area contributed by atoms with Crippen LogP contribution in [0.2, 0.25) is 0 Å². The molecule has 0 aliphatic rings. The van der Waals surface area contributed by atoms with Crippen LogP contribution in [0.15, 0.2) is 22.7 Å². The molecule has 1 aromatic carbocycles. The second-order valence-corrected chi connectivity index (χ2v) is 6.55. The number of nitrogens with zero attached hydrogens (tertiary/aromatic N) is 1. The maximum atomic E-state index is 9.27. The molecule has 0 bridgehead atoms. The van der Waals surface area contributed by atoms with Crippen LogP contribution in [0.4, 0.5) is 5.69 Å². The van der Waals surface area contributed by atoms with Crippen LogP contribution in [0.5, 0.6) is 0 Å². The van der Waals surface area contributed by atoms with Gasteiger partial charge >= 0.3 is 0 Å². The minimum absolute atomic E-state index is 0.483. The summed E-state index contributed by atoms with van der Waals surface area (Å²) in [6, 6.07) is 8.66. The Labute approximate surface area is 138 Å². The molecule has 0 saturated carbocycles. The highest BCUT2D eigenvalue weighted by atomic mass is 79.9. The first-order valence-corrected chi connectivity index (χ1v) is 8.96. The van der Waals surface area contributed by atoms with Gasteiger partial charge in [0.15, 0.2) is 0 Å². The first-order valence-electron chi connectivity index (χ1n) is 8.17. The number of nitriles is 1. The van der Waals surface area contributed by atoms with E-state index in [4.69, 9.17) is 0 Å². The molecule has 1 rings (SSSR count). The Hall–Kier alpha value is -1.01. The molecule has 0 saturated heterocycles. The quantitative estimate of drug-likeness (QED) is 0.505. The molecule has 0 aliphatic carbocycles. The van der Waals surface area contributed by atoms with Crippen LogP contribution < -0.4 is 5.32 Å². The molecule has 2 nitrogen and oxygen atoms in total. The van der Waals surface area contributed by atoms with Gasteiger partial charge in [-0.25, -0.2) is 0 Å². The summed E-state index contributed by atoms with van der Waals surface area (Å²) in [6.45, 7) is 4.48. The van der Waals surface area contributed by atoms with E-state index in [0.29, 0.717) is 6.04 Å². The monoisotopic (exact) mass is 350 g/mol. The van der Waals surface area contributed by atoms with Crippen molar-refractivity contribution >= 4 is 21.6 Å². The van der Waals surface area contributed by atoms with Gasteiger partial charge in [-0.2, -0.15) is 5.26 Å². The summed E-state index contributed by atoms with van der Waals surface area (Å²) in [5.74, 6) is 0. The minimum Gasteiger partial charge on any atom is -0.381 e. The zero-order valence-corrected chi connectivity index (χ0v) is 14.9. The average Bonchev–Trinajstić information content (AvgIpc) is 2.49. The van der Waals surface area contributed by atoms with Crippen LogP contribution in [0.1, 0.15) is 70.8 Å². The first kappa shape index (κ1) is 18.0. The van der Waals surface area contributed by atoms with Crippen molar-refractivity contribution in [3.63, 3.8) is 0 Å². The lowest BCUT2D eigenvalue weighted by molar-refractivity contribution is 0.526. The Morgan fingerprint density at radius 3 is 2.24 bits per heavy atom. The second-order valence-electron chi connectivity index (χ2n) is 5.63.